The summed E-state index contributed by atoms with van der Waals surface area (Å²) in [7, 11) is 1.69. The molecule has 31 heavy (non-hydrogen) atoms. The summed E-state index contributed by atoms with van der Waals surface area (Å²) in [5, 5.41) is 2.26. The van der Waals surface area contributed by atoms with Crippen LogP contribution in [0.1, 0.15) is 19.3 Å². The van der Waals surface area contributed by atoms with Crippen molar-refractivity contribution in [3.05, 3.63) is 48.9 Å². The standard InChI is InChI=1S/C24H26AsN4O2/c1-30-21-14-18-20(15-22(21)31-13-5-12-29-10-2-3-11-29)27-16-28-24(18)25-19-7-4-6-17-8-9-26-23(17)19/h4,6-9,14-16,26H,2-3,5,10-13H2,1H3. The van der Waals surface area contributed by atoms with Crippen LogP contribution in [-0.2, 0) is 0 Å². The summed E-state index contributed by atoms with van der Waals surface area (Å²) in [6, 6.07) is 12.6. The van der Waals surface area contributed by atoms with Gasteiger partial charge >= 0.3 is 189 Å². The van der Waals surface area contributed by atoms with Gasteiger partial charge in [0.2, 0.25) is 0 Å². The SMILES string of the molecule is COc1cc2c([As]c3cccc4cc[nH]c34)ncnc2cc1OCCCN1CCCC1. The molecule has 0 unspecified atom stereocenters. The third-order valence-electron chi connectivity index (χ3n) is 5.77. The number of para-hydroxylation sites is 1. The third-order valence-corrected chi connectivity index (χ3v) is 8.25. The number of likely N-dealkylation sites (tertiary alicyclic amines) is 1. The number of fused-ring (bicyclic) bond motifs is 2. The van der Waals surface area contributed by atoms with Crippen molar-refractivity contribution in [2.75, 3.05) is 33.4 Å². The van der Waals surface area contributed by atoms with Crippen molar-refractivity contribution in [1.82, 2.24) is 19.9 Å². The second-order valence-corrected chi connectivity index (χ2v) is 10.2. The Morgan fingerprint density at radius 2 is 2.00 bits per heavy atom. The van der Waals surface area contributed by atoms with Gasteiger partial charge in [0, 0.05) is 0 Å². The molecule has 3 heterocycles. The van der Waals surface area contributed by atoms with Gasteiger partial charge in [0.15, 0.2) is 0 Å². The van der Waals surface area contributed by atoms with Crippen molar-refractivity contribution >= 4 is 46.4 Å². The van der Waals surface area contributed by atoms with Crippen LogP contribution in [0.5, 0.6) is 11.5 Å². The van der Waals surface area contributed by atoms with Gasteiger partial charge in [0.1, 0.15) is 0 Å². The van der Waals surface area contributed by atoms with E-state index in [1.807, 2.05) is 18.3 Å². The maximum atomic E-state index is 6.09. The summed E-state index contributed by atoms with van der Waals surface area (Å²) in [6.45, 7) is 4.21. The van der Waals surface area contributed by atoms with Crippen LogP contribution in [0.3, 0.4) is 0 Å². The van der Waals surface area contributed by atoms with E-state index in [1.165, 1.54) is 41.2 Å². The van der Waals surface area contributed by atoms with E-state index in [0.717, 1.165) is 39.8 Å². The third kappa shape index (κ3) is 4.41. The summed E-state index contributed by atoms with van der Waals surface area (Å²) < 4.78 is 14.1. The van der Waals surface area contributed by atoms with Crippen molar-refractivity contribution in [2.24, 2.45) is 0 Å². The molecule has 1 fully saturated rings. The van der Waals surface area contributed by atoms with E-state index in [9.17, 15) is 0 Å². The first-order valence-corrected chi connectivity index (χ1v) is 12.7. The number of methoxy groups -OCH3 is 1. The van der Waals surface area contributed by atoms with E-state index < -0.39 is 0 Å². The summed E-state index contributed by atoms with van der Waals surface area (Å²) in [6.07, 6.45) is 7.31. The van der Waals surface area contributed by atoms with Gasteiger partial charge in [-0.1, -0.05) is 0 Å². The molecule has 7 heteroatoms. The van der Waals surface area contributed by atoms with E-state index in [1.54, 1.807) is 13.4 Å². The monoisotopic (exact) mass is 477 g/mol. The van der Waals surface area contributed by atoms with Crippen LogP contribution in [0.15, 0.2) is 48.9 Å². The molecule has 0 bridgehead atoms. The summed E-state index contributed by atoms with van der Waals surface area (Å²) in [5.41, 5.74) is 2.09. The van der Waals surface area contributed by atoms with Gasteiger partial charge in [0.25, 0.3) is 0 Å². The first-order valence-electron chi connectivity index (χ1n) is 10.8. The van der Waals surface area contributed by atoms with Crippen molar-refractivity contribution < 1.29 is 9.47 Å². The van der Waals surface area contributed by atoms with E-state index in [-0.39, 0.29) is 15.8 Å². The Balaban J connectivity index is 1.37. The van der Waals surface area contributed by atoms with Gasteiger partial charge in [-0.2, -0.15) is 0 Å². The molecule has 0 aliphatic carbocycles. The van der Waals surface area contributed by atoms with E-state index in [0.29, 0.717) is 6.61 Å². The van der Waals surface area contributed by atoms with Crippen LogP contribution in [0.2, 0.25) is 0 Å². The van der Waals surface area contributed by atoms with Crippen LogP contribution < -0.4 is 18.3 Å². The number of ether oxygens (including phenoxy) is 2. The van der Waals surface area contributed by atoms with Crippen LogP contribution >= 0.6 is 0 Å². The van der Waals surface area contributed by atoms with Crippen LogP contribution in [0, 0.1) is 0 Å². The fraction of sp³-hybridized carbons (Fsp3) is 0.333. The molecule has 1 radical (unpaired) electrons. The van der Waals surface area contributed by atoms with Gasteiger partial charge in [-0.3, -0.25) is 0 Å². The Morgan fingerprint density at radius 3 is 2.87 bits per heavy atom. The molecule has 5 rings (SSSR count). The topological polar surface area (TPSA) is 63.3 Å². The predicted molar refractivity (Wildman–Crippen MR) is 125 cm³/mol. The molecular weight excluding hydrogens is 451 g/mol. The van der Waals surface area contributed by atoms with E-state index >= 15 is 0 Å². The first kappa shape index (κ1) is 20.3. The molecule has 1 N–H and O–H groups in total. The number of nitrogens with zero attached hydrogens (tertiary/aromatic N) is 3. The molecule has 6 nitrogen and oxygen atoms in total. The molecule has 0 spiro atoms. The van der Waals surface area contributed by atoms with Gasteiger partial charge in [-0.15, -0.1) is 0 Å². The van der Waals surface area contributed by atoms with Gasteiger partial charge in [-0.05, 0) is 0 Å². The normalized spacial score (nSPS) is 14.9. The number of hydrogen-bond acceptors (Lipinski definition) is 5. The van der Waals surface area contributed by atoms with Crippen LogP contribution in [0.25, 0.3) is 21.8 Å². The molecule has 1 aliphatic rings. The van der Waals surface area contributed by atoms with Crippen LogP contribution in [0.4, 0.5) is 0 Å². The van der Waals surface area contributed by atoms with E-state index in [4.69, 9.17) is 9.47 Å². The molecule has 2 aromatic carbocycles. The molecule has 4 aromatic rings. The van der Waals surface area contributed by atoms with Gasteiger partial charge < -0.3 is 0 Å². The average Bonchev–Trinajstić information content (AvgIpc) is 3.49. The second kappa shape index (κ2) is 9.29. The number of hydrogen-bond donors (Lipinski definition) is 1. The Labute approximate surface area is 188 Å². The van der Waals surface area contributed by atoms with Crippen molar-refractivity contribution in [2.45, 2.75) is 19.3 Å². The average molecular weight is 477 g/mol. The molecule has 0 saturated carbocycles. The fourth-order valence-corrected chi connectivity index (χ4v) is 6.48. The zero-order valence-corrected chi connectivity index (χ0v) is 19.6. The number of rotatable bonds is 8. The zero-order valence-electron chi connectivity index (χ0n) is 17.7. The Kier molecular flexibility index (Phi) is 6.10. The molecule has 1 aliphatic heterocycles. The van der Waals surface area contributed by atoms with Crippen LogP contribution in [-0.4, -0.2) is 69.0 Å². The number of aromatic nitrogens is 3. The summed E-state index contributed by atoms with van der Waals surface area (Å²) >= 11 is -0.305. The summed E-state index contributed by atoms with van der Waals surface area (Å²) in [5.74, 6) is 1.49. The van der Waals surface area contributed by atoms with E-state index in [2.05, 4.69) is 44.1 Å². The molecule has 2 aromatic heterocycles. The molecular formula is C24H26AsN4O2. The Bertz CT molecular complexity index is 1190. The fourth-order valence-electron chi connectivity index (χ4n) is 4.16. The number of nitrogens with one attached hydrogen (secondary N) is 1. The van der Waals surface area contributed by atoms with Crippen molar-refractivity contribution in [1.29, 1.82) is 0 Å². The van der Waals surface area contributed by atoms with Gasteiger partial charge in [-0.25, -0.2) is 0 Å². The molecule has 1 saturated heterocycles. The van der Waals surface area contributed by atoms with Crippen molar-refractivity contribution in [3.63, 3.8) is 0 Å². The van der Waals surface area contributed by atoms with Gasteiger partial charge in [0.05, 0.1) is 0 Å². The second-order valence-electron chi connectivity index (χ2n) is 7.80. The first-order chi connectivity index (χ1) is 15.3. The molecule has 159 valence electrons. The molecule has 0 atom stereocenters. The minimum absolute atomic E-state index is 0.305. The summed E-state index contributed by atoms with van der Waals surface area (Å²) in [4.78, 5) is 15.0. The number of benzene rings is 2. The Morgan fingerprint density at radius 1 is 1.10 bits per heavy atom. The quantitative estimate of drug-likeness (QED) is 0.312. The zero-order chi connectivity index (χ0) is 21.0. The number of H-pyrrole nitrogens is 1. The predicted octanol–water partition coefficient (Wildman–Crippen LogP) is 2.64. The Hall–Kier alpha value is -2.56. The maximum absolute atomic E-state index is 6.09. The number of aromatic amines is 1. The van der Waals surface area contributed by atoms with Crippen molar-refractivity contribution in [3.8, 4) is 11.5 Å². The molecule has 0 amide bonds. The minimum atomic E-state index is -0.305.